The minimum atomic E-state index is -0.448. The molecule has 2 aliphatic rings. The third-order valence-electron chi connectivity index (χ3n) is 4.90. The third-order valence-corrected chi connectivity index (χ3v) is 4.90. The van der Waals surface area contributed by atoms with E-state index in [4.69, 9.17) is 4.74 Å². The molecule has 4 heteroatoms. The van der Waals surface area contributed by atoms with Gasteiger partial charge in [0.15, 0.2) is 5.78 Å². The summed E-state index contributed by atoms with van der Waals surface area (Å²) in [4.78, 5) is 26.3. The summed E-state index contributed by atoms with van der Waals surface area (Å²) in [7, 11) is 0. The van der Waals surface area contributed by atoms with Crippen LogP contribution in [-0.2, 0) is 11.2 Å². The molecule has 1 aliphatic heterocycles. The maximum atomic E-state index is 12.4. The van der Waals surface area contributed by atoms with Crippen LogP contribution < -0.4 is 0 Å². The summed E-state index contributed by atoms with van der Waals surface area (Å²) in [6.45, 7) is 7.13. The maximum absolute atomic E-state index is 12.4. The number of fused-ring (bicyclic) bond motifs is 1. The van der Waals surface area contributed by atoms with Crippen LogP contribution in [0.1, 0.15) is 56.0 Å². The van der Waals surface area contributed by atoms with Gasteiger partial charge in [0, 0.05) is 30.6 Å². The van der Waals surface area contributed by atoms with Gasteiger partial charge in [-0.1, -0.05) is 30.3 Å². The lowest BCUT2D eigenvalue weighted by molar-refractivity contribution is 0.0185. The Balaban J connectivity index is 1.51. The van der Waals surface area contributed by atoms with E-state index in [0.29, 0.717) is 5.92 Å². The summed E-state index contributed by atoms with van der Waals surface area (Å²) in [5, 5.41) is 0. The molecule has 1 fully saturated rings. The molecule has 0 aromatic heterocycles. The minimum Gasteiger partial charge on any atom is -0.444 e. The van der Waals surface area contributed by atoms with Crippen LogP contribution in [-0.4, -0.2) is 35.5 Å². The molecule has 1 heterocycles. The second-order valence-corrected chi connectivity index (χ2v) is 8.04. The van der Waals surface area contributed by atoms with Crippen LogP contribution in [0.3, 0.4) is 0 Å². The standard InChI is InChI=1S/C21H27NO3/c1-21(2,3)25-20(24)22-12-10-15(11-13-22)8-9-17-14-16-6-4-5-7-18(16)19(17)23/h4-7,9,15H,8,10-14H2,1-3H3/b17-9-. The van der Waals surface area contributed by atoms with E-state index in [-0.39, 0.29) is 11.9 Å². The van der Waals surface area contributed by atoms with Gasteiger partial charge >= 0.3 is 6.09 Å². The number of rotatable bonds is 2. The fraction of sp³-hybridized carbons (Fsp3) is 0.524. The summed E-state index contributed by atoms with van der Waals surface area (Å²) in [5.41, 5.74) is 2.47. The Bertz CT molecular complexity index is 691. The average Bonchev–Trinajstić information content (AvgIpc) is 2.88. The number of carbonyl (C=O) groups is 2. The molecule has 1 aromatic carbocycles. The smallest absolute Gasteiger partial charge is 0.410 e. The van der Waals surface area contributed by atoms with Crippen LogP contribution in [0.25, 0.3) is 0 Å². The van der Waals surface area contributed by atoms with Gasteiger partial charge < -0.3 is 9.64 Å². The number of ether oxygens (including phenoxy) is 1. The molecule has 134 valence electrons. The van der Waals surface area contributed by atoms with E-state index >= 15 is 0 Å². The average molecular weight is 341 g/mol. The summed E-state index contributed by atoms with van der Waals surface area (Å²) < 4.78 is 5.43. The molecule has 1 amide bonds. The summed E-state index contributed by atoms with van der Waals surface area (Å²) >= 11 is 0. The van der Waals surface area contributed by atoms with Crippen molar-refractivity contribution in [1.82, 2.24) is 4.90 Å². The molecule has 0 spiro atoms. The molecule has 0 unspecified atom stereocenters. The number of hydrogen-bond acceptors (Lipinski definition) is 3. The second-order valence-electron chi connectivity index (χ2n) is 8.04. The van der Waals surface area contributed by atoms with Crippen molar-refractivity contribution in [3.63, 3.8) is 0 Å². The zero-order valence-electron chi connectivity index (χ0n) is 15.4. The first-order valence-corrected chi connectivity index (χ1v) is 9.13. The van der Waals surface area contributed by atoms with Crippen LogP contribution in [0.5, 0.6) is 0 Å². The van der Waals surface area contributed by atoms with E-state index in [1.165, 1.54) is 0 Å². The molecule has 1 aliphatic carbocycles. The van der Waals surface area contributed by atoms with Crippen molar-refractivity contribution in [2.24, 2.45) is 5.92 Å². The van der Waals surface area contributed by atoms with Crippen molar-refractivity contribution in [2.45, 2.75) is 52.1 Å². The lowest BCUT2D eigenvalue weighted by Crippen LogP contribution is -2.41. The van der Waals surface area contributed by atoms with E-state index < -0.39 is 5.60 Å². The predicted octanol–water partition coefficient (Wildman–Crippen LogP) is 4.39. The lowest BCUT2D eigenvalue weighted by Gasteiger charge is -2.33. The highest BCUT2D eigenvalue weighted by molar-refractivity contribution is 6.13. The van der Waals surface area contributed by atoms with E-state index in [2.05, 4.69) is 6.08 Å². The topological polar surface area (TPSA) is 46.6 Å². The summed E-state index contributed by atoms with van der Waals surface area (Å²) in [6, 6.07) is 7.86. The largest absolute Gasteiger partial charge is 0.444 e. The molecule has 0 radical (unpaired) electrons. The Hall–Kier alpha value is -2.10. The fourth-order valence-electron chi connectivity index (χ4n) is 3.51. The van der Waals surface area contributed by atoms with Gasteiger partial charge in [-0.25, -0.2) is 4.79 Å². The van der Waals surface area contributed by atoms with Crippen molar-refractivity contribution >= 4 is 11.9 Å². The van der Waals surface area contributed by atoms with E-state index in [1.54, 1.807) is 4.90 Å². The van der Waals surface area contributed by atoms with Crippen LogP contribution in [0.2, 0.25) is 0 Å². The van der Waals surface area contributed by atoms with Gasteiger partial charge in [-0.3, -0.25) is 4.79 Å². The number of carbonyl (C=O) groups excluding carboxylic acids is 2. The van der Waals surface area contributed by atoms with Crippen molar-refractivity contribution in [2.75, 3.05) is 13.1 Å². The molecule has 4 nitrogen and oxygen atoms in total. The van der Waals surface area contributed by atoms with Gasteiger partial charge in [0.05, 0.1) is 0 Å². The molecule has 0 bridgehead atoms. The third kappa shape index (κ3) is 4.30. The molecule has 1 aromatic rings. The first kappa shape index (κ1) is 17.7. The molecule has 3 rings (SSSR count). The molecule has 0 atom stereocenters. The maximum Gasteiger partial charge on any atom is 0.410 e. The first-order chi connectivity index (χ1) is 11.8. The number of hydrogen-bond donors (Lipinski definition) is 0. The normalized spacial score (nSPS) is 20.0. The fourth-order valence-corrected chi connectivity index (χ4v) is 3.51. The number of allylic oxidation sites excluding steroid dienone is 2. The Morgan fingerprint density at radius 2 is 1.92 bits per heavy atom. The molecular formula is C21H27NO3. The van der Waals surface area contributed by atoms with E-state index in [1.807, 2.05) is 45.0 Å². The van der Waals surface area contributed by atoms with Crippen molar-refractivity contribution in [3.8, 4) is 0 Å². The Kier molecular flexibility index (Phi) is 4.98. The number of benzene rings is 1. The van der Waals surface area contributed by atoms with Crippen molar-refractivity contribution in [3.05, 3.63) is 47.0 Å². The minimum absolute atomic E-state index is 0.182. The predicted molar refractivity (Wildman–Crippen MR) is 97.7 cm³/mol. The van der Waals surface area contributed by atoms with Gasteiger partial charge in [0.1, 0.15) is 5.60 Å². The number of Topliss-reactive ketones (excluding diaryl/α,β-unsaturated/α-hetero) is 1. The van der Waals surface area contributed by atoms with Crippen LogP contribution >= 0.6 is 0 Å². The van der Waals surface area contributed by atoms with Crippen LogP contribution in [0.4, 0.5) is 4.79 Å². The summed E-state index contributed by atoms with van der Waals surface area (Å²) in [5.74, 6) is 0.712. The first-order valence-electron chi connectivity index (χ1n) is 9.13. The molecular weight excluding hydrogens is 314 g/mol. The Labute approximate surface area is 149 Å². The summed E-state index contributed by atoms with van der Waals surface area (Å²) in [6.07, 6.45) is 5.50. The number of piperidine rings is 1. The number of nitrogens with zero attached hydrogens (tertiary/aromatic N) is 1. The SMILES string of the molecule is CC(C)(C)OC(=O)N1CCC(C/C=C2/Cc3ccccc3C2=O)CC1. The molecule has 0 saturated carbocycles. The second kappa shape index (κ2) is 7.03. The molecule has 25 heavy (non-hydrogen) atoms. The number of amides is 1. The highest BCUT2D eigenvalue weighted by atomic mass is 16.6. The van der Waals surface area contributed by atoms with Gasteiger partial charge in [-0.05, 0) is 51.5 Å². The zero-order chi connectivity index (χ0) is 18.0. The van der Waals surface area contributed by atoms with E-state index in [0.717, 1.165) is 55.5 Å². The lowest BCUT2D eigenvalue weighted by atomic mass is 9.92. The van der Waals surface area contributed by atoms with E-state index in [9.17, 15) is 9.59 Å². The van der Waals surface area contributed by atoms with Gasteiger partial charge in [0.2, 0.25) is 0 Å². The van der Waals surface area contributed by atoms with Gasteiger partial charge in [-0.2, -0.15) is 0 Å². The Morgan fingerprint density at radius 1 is 1.24 bits per heavy atom. The van der Waals surface area contributed by atoms with Crippen molar-refractivity contribution < 1.29 is 14.3 Å². The zero-order valence-corrected chi connectivity index (χ0v) is 15.4. The highest BCUT2D eigenvalue weighted by Crippen LogP contribution is 2.28. The quantitative estimate of drug-likeness (QED) is 0.750. The molecule has 0 N–H and O–H groups in total. The van der Waals surface area contributed by atoms with Gasteiger partial charge in [-0.15, -0.1) is 0 Å². The number of likely N-dealkylation sites (tertiary alicyclic amines) is 1. The number of ketones is 1. The van der Waals surface area contributed by atoms with Gasteiger partial charge in [0.25, 0.3) is 0 Å². The Morgan fingerprint density at radius 3 is 2.56 bits per heavy atom. The highest BCUT2D eigenvalue weighted by Gasteiger charge is 2.28. The monoisotopic (exact) mass is 341 g/mol. The van der Waals surface area contributed by atoms with Crippen LogP contribution in [0, 0.1) is 5.92 Å². The van der Waals surface area contributed by atoms with Crippen LogP contribution in [0.15, 0.2) is 35.9 Å². The van der Waals surface area contributed by atoms with Crippen molar-refractivity contribution in [1.29, 1.82) is 0 Å². The molecule has 1 saturated heterocycles.